The molecule has 5 nitrogen and oxygen atoms in total. The Morgan fingerprint density at radius 2 is 2.17 bits per heavy atom. The van der Waals surface area contributed by atoms with Gasteiger partial charge in [-0.3, -0.25) is 4.90 Å². The minimum atomic E-state index is -0.928. The number of aromatic carboxylic acids is 1. The summed E-state index contributed by atoms with van der Waals surface area (Å²) in [5.74, 6) is 0.334. The molecule has 0 amide bonds. The van der Waals surface area contributed by atoms with Crippen LogP contribution in [0.4, 0.5) is 0 Å². The molecule has 2 fully saturated rings. The summed E-state index contributed by atoms with van der Waals surface area (Å²) in [6.45, 7) is 3.35. The lowest BCUT2D eigenvalue weighted by molar-refractivity contribution is 0.0690. The zero-order valence-corrected chi connectivity index (χ0v) is 10.6. The van der Waals surface area contributed by atoms with Gasteiger partial charge in [-0.1, -0.05) is 6.92 Å². The molecule has 2 bridgehead atoms. The number of rotatable bonds is 3. The molecule has 3 heterocycles. The predicted molar refractivity (Wildman–Crippen MR) is 66.7 cm³/mol. The number of nitrogens with one attached hydrogen (secondary N) is 1. The molecule has 1 aromatic heterocycles. The average Bonchev–Trinajstić information content (AvgIpc) is 2.92. The van der Waals surface area contributed by atoms with Crippen molar-refractivity contribution in [1.82, 2.24) is 14.9 Å². The van der Waals surface area contributed by atoms with Crippen LogP contribution < -0.4 is 0 Å². The minimum absolute atomic E-state index is 0.204. The van der Waals surface area contributed by atoms with Gasteiger partial charge in [-0.25, -0.2) is 9.78 Å². The number of imidazole rings is 1. The number of nitrogens with zero attached hydrogens (tertiary/aromatic N) is 2. The molecule has 2 unspecified atom stereocenters. The Bertz CT molecular complexity index is 443. The Morgan fingerprint density at radius 1 is 1.50 bits per heavy atom. The summed E-state index contributed by atoms with van der Waals surface area (Å²) >= 11 is 0. The molecule has 3 rings (SSSR count). The molecular weight excluding hydrogens is 230 g/mol. The highest BCUT2D eigenvalue weighted by molar-refractivity contribution is 5.85. The first kappa shape index (κ1) is 11.7. The van der Waals surface area contributed by atoms with Gasteiger partial charge in [0.25, 0.3) is 0 Å². The largest absolute Gasteiger partial charge is 0.477 e. The summed E-state index contributed by atoms with van der Waals surface area (Å²) in [7, 11) is 0. The van der Waals surface area contributed by atoms with Crippen molar-refractivity contribution in [1.29, 1.82) is 0 Å². The number of aromatic nitrogens is 2. The Balaban J connectivity index is 1.77. The number of piperidine rings is 1. The van der Waals surface area contributed by atoms with Crippen molar-refractivity contribution in [2.75, 3.05) is 6.54 Å². The van der Waals surface area contributed by atoms with E-state index >= 15 is 0 Å². The van der Waals surface area contributed by atoms with E-state index in [1.165, 1.54) is 19.0 Å². The zero-order chi connectivity index (χ0) is 12.7. The quantitative estimate of drug-likeness (QED) is 0.857. The zero-order valence-electron chi connectivity index (χ0n) is 10.6. The highest BCUT2D eigenvalue weighted by Gasteiger charge is 2.40. The molecule has 5 heteroatoms. The molecule has 2 saturated heterocycles. The van der Waals surface area contributed by atoms with Crippen LogP contribution in [0.25, 0.3) is 0 Å². The van der Waals surface area contributed by atoms with Gasteiger partial charge < -0.3 is 10.1 Å². The van der Waals surface area contributed by atoms with Crippen LogP contribution in [0, 0.1) is 0 Å². The van der Waals surface area contributed by atoms with Crippen LogP contribution in [0.2, 0.25) is 0 Å². The molecule has 0 aliphatic carbocycles. The number of carbonyl (C=O) groups is 1. The van der Waals surface area contributed by atoms with Gasteiger partial charge in [0.15, 0.2) is 0 Å². The number of hydrogen-bond donors (Lipinski definition) is 2. The van der Waals surface area contributed by atoms with E-state index in [0.29, 0.717) is 18.0 Å². The van der Waals surface area contributed by atoms with Gasteiger partial charge in [-0.2, -0.15) is 0 Å². The molecule has 2 atom stereocenters. The van der Waals surface area contributed by atoms with E-state index in [1.807, 2.05) is 0 Å². The van der Waals surface area contributed by atoms with Gasteiger partial charge in [0, 0.05) is 18.0 Å². The minimum Gasteiger partial charge on any atom is -0.477 e. The van der Waals surface area contributed by atoms with Crippen molar-refractivity contribution >= 4 is 5.97 Å². The molecule has 0 spiro atoms. The molecule has 2 aliphatic heterocycles. The number of hydrogen-bond acceptors (Lipinski definition) is 3. The summed E-state index contributed by atoms with van der Waals surface area (Å²) in [6, 6.07) is 1.33. The van der Waals surface area contributed by atoms with E-state index in [1.54, 1.807) is 0 Å². The van der Waals surface area contributed by atoms with E-state index in [-0.39, 0.29) is 5.69 Å². The van der Waals surface area contributed by atoms with Crippen molar-refractivity contribution in [2.45, 2.75) is 50.6 Å². The second kappa shape index (κ2) is 4.39. The highest BCUT2D eigenvalue weighted by Crippen LogP contribution is 2.41. The molecule has 0 saturated carbocycles. The Morgan fingerprint density at radius 3 is 2.67 bits per heavy atom. The normalized spacial score (nSPS) is 31.7. The van der Waals surface area contributed by atoms with Crippen LogP contribution in [-0.2, 0) is 0 Å². The van der Waals surface area contributed by atoms with Gasteiger partial charge in [0.1, 0.15) is 11.5 Å². The van der Waals surface area contributed by atoms with Gasteiger partial charge in [0.05, 0.1) is 6.20 Å². The fourth-order valence-corrected chi connectivity index (χ4v) is 3.67. The lowest BCUT2D eigenvalue weighted by Gasteiger charge is -2.37. The molecule has 0 radical (unpaired) electrons. The van der Waals surface area contributed by atoms with Crippen molar-refractivity contribution in [3.63, 3.8) is 0 Å². The van der Waals surface area contributed by atoms with Crippen LogP contribution in [-0.4, -0.2) is 44.6 Å². The first-order valence-corrected chi connectivity index (χ1v) is 6.73. The maximum atomic E-state index is 10.9. The van der Waals surface area contributed by atoms with Gasteiger partial charge >= 0.3 is 5.97 Å². The fraction of sp³-hybridized carbons (Fsp3) is 0.692. The Kier molecular flexibility index (Phi) is 2.86. The van der Waals surface area contributed by atoms with Gasteiger partial charge in [-0.05, 0) is 32.2 Å². The third-order valence-electron chi connectivity index (χ3n) is 4.46. The van der Waals surface area contributed by atoms with Crippen LogP contribution in [0.3, 0.4) is 0 Å². The average molecular weight is 249 g/mol. The monoisotopic (exact) mass is 249 g/mol. The lowest BCUT2D eigenvalue weighted by atomic mass is 9.90. The number of carboxylic acid groups (broad SMARTS) is 1. The molecule has 18 heavy (non-hydrogen) atoms. The molecular formula is C13H19N3O2. The maximum Gasteiger partial charge on any atom is 0.353 e. The first-order valence-electron chi connectivity index (χ1n) is 6.73. The highest BCUT2D eigenvalue weighted by atomic mass is 16.4. The SMILES string of the molecule is CCN1C2CCC1CC(c1ncc(C(=O)O)[nH]1)C2. The smallest absolute Gasteiger partial charge is 0.353 e. The van der Waals surface area contributed by atoms with Crippen molar-refractivity contribution in [3.8, 4) is 0 Å². The Labute approximate surface area is 106 Å². The predicted octanol–water partition coefficient (Wildman–Crippen LogP) is 1.84. The standard InChI is InChI=1S/C13H19N3O2/c1-2-16-9-3-4-10(16)6-8(5-9)12-14-7-11(15-12)13(17)18/h7-10H,2-6H2,1H3,(H,14,15)(H,17,18). The van der Waals surface area contributed by atoms with Crippen LogP contribution in [0.5, 0.6) is 0 Å². The molecule has 2 N–H and O–H groups in total. The molecule has 0 aromatic carbocycles. The third-order valence-corrected chi connectivity index (χ3v) is 4.46. The summed E-state index contributed by atoms with van der Waals surface area (Å²) in [5.41, 5.74) is 0.204. The third kappa shape index (κ3) is 1.82. The van der Waals surface area contributed by atoms with Crippen LogP contribution >= 0.6 is 0 Å². The molecule has 98 valence electrons. The van der Waals surface area contributed by atoms with E-state index in [4.69, 9.17) is 5.11 Å². The number of fused-ring (bicyclic) bond motifs is 2. The van der Waals surface area contributed by atoms with Crippen LogP contribution in [0.1, 0.15) is 54.8 Å². The summed E-state index contributed by atoms with van der Waals surface area (Å²) < 4.78 is 0. The number of carboxylic acids is 1. The van der Waals surface area contributed by atoms with Crippen molar-refractivity contribution in [2.24, 2.45) is 0 Å². The van der Waals surface area contributed by atoms with Crippen molar-refractivity contribution in [3.05, 3.63) is 17.7 Å². The van der Waals surface area contributed by atoms with Crippen molar-refractivity contribution < 1.29 is 9.90 Å². The second-order valence-electron chi connectivity index (χ2n) is 5.37. The number of aromatic amines is 1. The Hall–Kier alpha value is -1.36. The summed E-state index contributed by atoms with van der Waals surface area (Å²) in [6.07, 6.45) is 6.21. The molecule has 1 aromatic rings. The number of H-pyrrole nitrogens is 1. The van der Waals surface area contributed by atoms with Gasteiger partial charge in [0.2, 0.25) is 0 Å². The van der Waals surface area contributed by atoms with Crippen LogP contribution in [0.15, 0.2) is 6.20 Å². The fourth-order valence-electron chi connectivity index (χ4n) is 3.67. The maximum absolute atomic E-state index is 10.9. The topological polar surface area (TPSA) is 69.2 Å². The second-order valence-corrected chi connectivity index (χ2v) is 5.37. The van der Waals surface area contributed by atoms with Gasteiger partial charge in [-0.15, -0.1) is 0 Å². The van der Waals surface area contributed by atoms with E-state index < -0.39 is 5.97 Å². The summed E-state index contributed by atoms with van der Waals surface area (Å²) in [5, 5.41) is 8.91. The van der Waals surface area contributed by atoms with E-state index in [2.05, 4.69) is 21.8 Å². The molecule has 2 aliphatic rings. The van der Waals surface area contributed by atoms with E-state index in [0.717, 1.165) is 25.2 Å². The first-order chi connectivity index (χ1) is 8.69. The lowest BCUT2D eigenvalue weighted by Crippen LogP contribution is -2.42. The van der Waals surface area contributed by atoms with E-state index in [9.17, 15) is 4.79 Å². The summed E-state index contributed by atoms with van der Waals surface area (Å²) in [4.78, 5) is 20.7.